The normalized spacial score (nSPS) is 22.2. The van der Waals surface area contributed by atoms with Gasteiger partial charge in [0.15, 0.2) is 0 Å². The summed E-state index contributed by atoms with van der Waals surface area (Å²) in [7, 11) is 0. The third-order valence-electron chi connectivity index (χ3n) is 4.03. The second-order valence-corrected chi connectivity index (χ2v) is 7.15. The molecule has 0 aliphatic carbocycles. The van der Waals surface area contributed by atoms with Crippen LogP contribution in [-0.2, 0) is 4.79 Å². The van der Waals surface area contributed by atoms with E-state index in [-0.39, 0.29) is 11.9 Å². The summed E-state index contributed by atoms with van der Waals surface area (Å²) >= 11 is 1.65. The standard InChI is InChI=1S/C15H25N3OS/c1-10(13-5-4-6-16-9-13)7-14(19)18-12(3)15-17-8-11(2)20-15/h8,10,12-13,16H,4-7,9H2,1-3H3,(H,18,19). The molecule has 0 spiro atoms. The SMILES string of the molecule is Cc1cnc(C(C)NC(=O)CC(C)C2CCCNC2)s1. The highest BCUT2D eigenvalue weighted by molar-refractivity contribution is 7.11. The van der Waals surface area contributed by atoms with Crippen LogP contribution >= 0.6 is 11.3 Å². The molecule has 1 aromatic heterocycles. The molecule has 0 bridgehead atoms. The number of rotatable bonds is 5. The van der Waals surface area contributed by atoms with Crippen molar-refractivity contribution in [3.05, 3.63) is 16.1 Å². The molecule has 3 unspecified atom stereocenters. The van der Waals surface area contributed by atoms with Crippen LogP contribution in [0.1, 0.15) is 49.0 Å². The zero-order chi connectivity index (χ0) is 14.5. The van der Waals surface area contributed by atoms with Crippen LogP contribution in [0.5, 0.6) is 0 Å². The van der Waals surface area contributed by atoms with Gasteiger partial charge in [0.05, 0.1) is 6.04 Å². The van der Waals surface area contributed by atoms with E-state index >= 15 is 0 Å². The molecule has 0 aromatic carbocycles. The van der Waals surface area contributed by atoms with Crippen molar-refractivity contribution in [2.75, 3.05) is 13.1 Å². The summed E-state index contributed by atoms with van der Waals surface area (Å²) in [5, 5.41) is 7.48. The third kappa shape index (κ3) is 4.28. The molecule has 1 aliphatic heterocycles. The highest BCUT2D eigenvalue weighted by atomic mass is 32.1. The Labute approximate surface area is 125 Å². The minimum Gasteiger partial charge on any atom is -0.347 e. The summed E-state index contributed by atoms with van der Waals surface area (Å²) in [6.07, 6.45) is 4.94. The number of hydrogen-bond acceptors (Lipinski definition) is 4. The summed E-state index contributed by atoms with van der Waals surface area (Å²) < 4.78 is 0. The number of carbonyl (C=O) groups is 1. The molecule has 20 heavy (non-hydrogen) atoms. The molecule has 1 aliphatic rings. The van der Waals surface area contributed by atoms with Crippen molar-refractivity contribution in [1.82, 2.24) is 15.6 Å². The van der Waals surface area contributed by atoms with E-state index in [0.717, 1.165) is 18.1 Å². The lowest BCUT2D eigenvalue weighted by molar-refractivity contribution is -0.123. The van der Waals surface area contributed by atoms with Gasteiger partial charge in [-0.25, -0.2) is 4.98 Å². The van der Waals surface area contributed by atoms with Crippen molar-refractivity contribution in [1.29, 1.82) is 0 Å². The first-order chi connectivity index (χ1) is 9.56. The third-order valence-corrected chi connectivity index (χ3v) is 5.13. The average molecular weight is 295 g/mol. The minimum absolute atomic E-state index is 0.0119. The van der Waals surface area contributed by atoms with E-state index < -0.39 is 0 Å². The Bertz CT molecular complexity index is 440. The van der Waals surface area contributed by atoms with E-state index in [0.29, 0.717) is 18.3 Å². The molecule has 0 radical (unpaired) electrons. The van der Waals surface area contributed by atoms with Gasteiger partial charge in [0.25, 0.3) is 0 Å². The maximum absolute atomic E-state index is 12.1. The number of thiazole rings is 1. The molecule has 1 aromatic rings. The number of hydrogen-bond donors (Lipinski definition) is 2. The Morgan fingerprint density at radius 1 is 1.60 bits per heavy atom. The smallest absolute Gasteiger partial charge is 0.220 e. The van der Waals surface area contributed by atoms with Crippen molar-refractivity contribution >= 4 is 17.2 Å². The summed E-state index contributed by atoms with van der Waals surface area (Å²) in [5.41, 5.74) is 0. The fraction of sp³-hybridized carbons (Fsp3) is 0.733. The largest absolute Gasteiger partial charge is 0.347 e. The van der Waals surface area contributed by atoms with Crippen LogP contribution < -0.4 is 10.6 Å². The number of nitrogens with one attached hydrogen (secondary N) is 2. The van der Waals surface area contributed by atoms with Crippen molar-refractivity contribution in [3.63, 3.8) is 0 Å². The highest BCUT2D eigenvalue weighted by Crippen LogP contribution is 2.23. The number of aryl methyl sites for hydroxylation is 1. The summed E-state index contributed by atoms with van der Waals surface area (Å²) in [6.45, 7) is 8.40. The predicted octanol–water partition coefficient (Wildman–Crippen LogP) is 2.65. The Kier molecular flexibility index (Phi) is 5.54. The van der Waals surface area contributed by atoms with Gasteiger partial charge < -0.3 is 10.6 Å². The van der Waals surface area contributed by atoms with Crippen LogP contribution in [0.25, 0.3) is 0 Å². The number of nitrogens with zero attached hydrogens (tertiary/aromatic N) is 1. The number of carbonyl (C=O) groups excluding carboxylic acids is 1. The van der Waals surface area contributed by atoms with Gasteiger partial charge in [0.2, 0.25) is 5.91 Å². The van der Waals surface area contributed by atoms with Crippen molar-refractivity contribution in [3.8, 4) is 0 Å². The molecule has 2 heterocycles. The van der Waals surface area contributed by atoms with Crippen LogP contribution in [0.15, 0.2) is 6.20 Å². The quantitative estimate of drug-likeness (QED) is 0.878. The number of amides is 1. The van der Waals surface area contributed by atoms with E-state index in [4.69, 9.17) is 0 Å². The van der Waals surface area contributed by atoms with Gasteiger partial charge in [-0.15, -0.1) is 11.3 Å². The van der Waals surface area contributed by atoms with Crippen molar-refractivity contribution < 1.29 is 4.79 Å². The van der Waals surface area contributed by atoms with Gasteiger partial charge in [-0.2, -0.15) is 0 Å². The summed E-state index contributed by atoms with van der Waals surface area (Å²) in [5.74, 6) is 1.21. The van der Waals surface area contributed by atoms with Gasteiger partial charge in [0.1, 0.15) is 5.01 Å². The van der Waals surface area contributed by atoms with E-state index in [1.165, 1.54) is 17.7 Å². The Balaban J connectivity index is 1.79. The highest BCUT2D eigenvalue weighted by Gasteiger charge is 2.23. The van der Waals surface area contributed by atoms with Crippen LogP contribution in [0.4, 0.5) is 0 Å². The van der Waals surface area contributed by atoms with Gasteiger partial charge in [-0.3, -0.25) is 4.79 Å². The summed E-state index contributed by atoms with van der Waals surface area (Å²) in [6, 6.07) is 0.0119. The molecule has 5 heteroatoms. The van der Waals surface area contributed by atoms with E-state index in [2.05, 4.69) is 22.5 Å². The lowest BCUT2D eigenvalue weighted by Crippen LogP contribution is -2.36. The molecule has 0 saturated carbocycles. The van der Waals surface area contributed by atoms with Crippen LogP contribution in [0.2, 0.25) is 0 Å². The summed E-state index contributed by atoms with van der Waals surface area (Å²) in [4.78, 5) is 17.6. The molecule has 2 N–H and O–H groups in total. The zero-order valence-electron chi connectivity index (χ0n) is 12.6. The van der Waals surface area contributed by atoms with E-state index in [1.54, 1.807) is 11.3 Å². The Morgan fingerprint density at radius 2 is 2.40 bits per heavy atom. The molecule has 112 valence electrons. The van der Waals surface area contributed by atoms with Crippen LogP contribution in [-0.4, -0.2) is 24.0 Å². The molecular formula is C15H25N3OS. The maximum Gasteiger partial charge on any atom is 0.220 e. The average Bonchev–Trinajstić information content (AvgIpc) is 2.86. The van der Waals surface area contributed by atoms with Crippen molar-refractivity contribution in [2.24, 2.45) is 11.8 Å². The number of piperidine rings is 1. The molecule has 1 amide bonds. The van der Waals surface area contributed by atoms with Crippen molar-refractivity contribution in [2.45, 2.75) is 46.1 Å². The second-order valence-electron chi connectivity index (χ2n) is 5.89. The molecule has 3 atom stereocenters. The molecule has 2 rings (SSSR count). The topological polar surface area (TPSA) is 54.0 Å². The Hall–Kier alpha value is -0.940. The maximum atomic E-state index is 12.1. The van der Waals surface area contributed by atoms with Crippen LogP contribution in [0.3, 0.4) is 0 Å². The van der Waals surface area contributed by atoms with Gasteiger partial charge >= 0.3 is 0 Å². The monoisotopic (exact) mass is 295 g/mol. The Morgan fingerprint density at radius 3 is 3.00 bits per heavy atom. The lowest BCUT2D eigenvalue weighted by atomic mass is 9.85. The number of aromatic nitrogens is 1. The molecule has 1 fully saturated rings. The van der Waals surface area contributed by atoms with E-state index in [1.807, 2.05) is 20.0 Å². The first kappa shape index (κ1) is 15.4. The molecule has 1 saturated heterocycles. The first-order valence-corrected chi connectivity index (χ1v) is 8.30. The van der Waals surface area contributed by atoms with Gasteiger partial charge in [-0.05, 0) is 51.6 Å². The molecule has 4 nitrogen and oxygen atoms in total. The lowest BCUT2D eigenvalue weighted by Gasteiger charge is -2.28. The minimum atomic E-state index is 0.0119. The second kappa shape index (κ2) is 7.18. The predicted molar refractivity (Wildman–Crippen MR) is 82.8 cm³/mol. The van der Waals surface area contributed by atoms with Crippen LogP contribution in [0, 0.1) is 18.8 Å². The molecular weight excluding hydrogens is 270 g/mol. The fourth-order valence-electron chi connectivity index (χ4n) is 2.76. The van der Waals surface area contributed by atoms with E-state index in [9.17, 15) is 4.79 Å². The zero-order valence-corrected chi connectivity index (χ0v) is 13.4. The van der Waals surface area contributed by atoms with Gasteiger partial charge in [-0.1, -0.05) is 6.92 Å². The first-order valence-electron chi connectivity index (χ1n) is 7.48. The fourth-order valence-corrected chi connectivity index (χ4v) is 3.53. The van der Waals surface area contributed by atoms with Gasteiger partial charge in [0, 0.05) is 17.5 Å².